The number of allylic oxidation sites excluding steroid dienone is 1. The summed E-state index contributed by atoms with van der Waals surface area (Å²) in [6.07, 6.45) is 1.39. The minimum atomic E-state index is -1.00. The number of rotatable bonds is 4. The van der Waals surface area contributed by atoms with E-state index in [1.54, 1.807) is 12.1 Å². The van der Waals surface area contributed by atoms with E-state index in [0.717, 1.165) is 38.4 Å². The summed E-state index contributed by atoms with van der Waals surface area (Å²) in [5.41, 5.74) is 2.66. The van der Waals surface area contributed by atoms with E-state index in [2.05, 4.69) is 16.7 Å². The Balaban J connectivity index is 1.61. The highest BCUT2D eigenvalue weighted by atomic mass is 19.1. The number of nitrogens with zero attached hydrogens (tertiary/aromatic N) is 1. The lowest BCUT2D eigenvalue weighted by atomic mass is 10.1. The van der Waals surface area contributed by atoms with Crippen LogP contribution in [-0.2, 0) is 11.3 Å². The molecular formula is C22H20FNO3. The predicted octanol–water partition coefficient (Wildman–Crippen LogP) is 3.58. The van der Waals surface area contributed by atoms with Crippen molar-refractivity contribution in [1.82, 2.24) is 4.90 Å². The zero-order valence-corrected chi connectivity index (χ0v) is 14.8. The van der Waals surface area contributed by atoms with Crippen LogP contribution in [-0.4, -0.2) is 42.3 Å². The zero-order chi connectivity index (χ0) is 19.1. The fraction of sp³-hybridized carbons (Fsp3) is 0.227. The van der Waals surface area contributed by atoms with E-state index >= 15 is 0 Å². The third kappa shape index (κ3) is 5.78. The van der Waals surface area contributed by atoms with Crippen molar-refractivity contribution < 1.29 is 19.0 Å². The smallest absolute Gasteiger partial charge is 0.335 e. The summed E-state index contributed by atoms with van der Waals surface area (Å²) in [6, 6.07) is 13.7. The maximum absolute atomic E-state index is 14.0. The fourth-order valence-electron chi connectivity index (χ4n) is 2.75. The molecule has 3 rings (SSSR count). The van der Waals surface area contributed by atoms with Gasteiger partial charge in [0.15, 0.2) is 5.83 Å². The molecule has 0 atom stereocenters. The number of carbonyl (C=O) groups is 1. The van der Waals surface area contributed by atoms with Gasteiger partial charge < -0.3 is 9.84 Å². The van der Waals surface area contributed by atoms with E-state index < -0.39 is 11.8 Å². The van der Waals surface area contributed by atoms with Crippen molar-refractivity contribution in [2.75, 3.05) is 26.3 Å². The number of benzene rings is 2. The lowest BCUT2D eigenvalue weighted by molar-refractivity contribution is 0.0342. The van der Waals surface area contributed by atoms with Crippen LogP contribution in [0.5, 0.6) is 0 Å². The third-order valence-electron chi connectivity index (χ3n) is 4.24. The molecule has 0 aliphatic carbocycles. The summed E-state index contributed by atoms with van der Waals surface area (Å²) in [6.45, 7) is 4.26. The number of aromatic carboxylic acids is 1. The van der Waals surface area contributed by atoms with E-state index in [1.165, 1.54) is 23.8 Å². The average Bonchev–Trinajstić information content (AvgIpc) is 2.69. The number of morpholine rings is 1. The van der Waals surface area contributed by atoms with Gasteiger partial charge in [-0.2, -0.15) is 4.39 Å². The Morgan fingerprint density at radius 2 is 1.78 bits per heavy atom. The molecule has 4 nitrogen and oxygen atoms in total. The molecule has 138 valence electrons. The predicted molar refractivity (Wildman–Crippen MR) is 102 cm³/mol. The number of carboxylic acids is 1. The summed E-state index contributed by atoms with van der Waals surface area (Å²) >= 11 is 0. The van der Waals surface area contributed by atoms with Crippen molar-refractivity contribution in [3.05, 3.63) is 76.6 Å². The first-order valence-corrected chi connectivity index (χ1v) is 8.72. The number of halogens is 1. The van der Waals surface area contributed by atoms with Gasteiger partial charge in [-0.3, -0.25) is 4.90 Å². The van der Waals surface area contributed by atoms with Gasteiger partial charge in [-0.25, -0.2) is 4.79 Å². The van der Waals surface area contributed by atoms with Crippen LogP contribution in [0.3, 0.4) is 0 Å². The minimum absolute atomic E-state index is 0.175. The van der Waals surface area contributed by atoms with Crippen LogP contribution in [0.2, 0.25) is 0 Å². The van der Waals surface area contributed by atoms with Crippen LogP contribution in [0, 0.1) is 11.8 Å². The van der Waals surface area contributed by atoms with E-state index in [-0.39, 0.29) is 5.56 Å². The second-order valence-electron chi connectivity index (χ2n) is 6.25. The first-order valence-electron chi connectivity index (χ1n) is 8.72. The molecular weight excluding hydrogens is 345 g/mol. The molecule has 5 heteroatoms. The maximum atomic E-state index is 14.0. The van der Waals surface area contributed by atoms with Gasteiger partial charge in [-0.15, -0.1) is 0 Å². The van der Waals surface area contributed by atoms with Gasteiger partial charge in [-0.05, 0) is 47.4 Å². The molecule has 27 heavy (non-hydrogen) atoms. The first kappa shape index (κ1) is 18.8. The maximum Gasteiger partial charge on any atom is 0.335 e. The second kappa shape index (κ2) is 9.13. The van der Waals surface area contributed by atoms with E-state index in [4.69, 9.17) is 9.84 Å². The monoisotopic (exact) mass is 365 g/mol. The van der Waals surface area contributed by atoms with Crippen molar-refractivity contribution in [2.45, 2.75) is 6.54 Å². The highest BCUT2D eigenvalue weighted by Crippen LogP contribution is 2.12. The lowest BCUT2D eigenvalue weighted by Crippen LogP contribution is -2.35. The summed E-state index contributed by atoms with van der Waals surface area (Å²) in [4.78, 5) is 13.1. The Morgan fingerprint density at radius 1 is 1.11 bits per heavy atom. The summed E-state index contributed by atoms with van der Waals surface area (Å²) in [5.74, 6) is 3.60. The molecule has 1 N–H and O–H groups in total. The summed E-state index contributed by atoms with van der Waals surface area (Å²) in [7, 11) is 0. The SMILES string of the molecule is O=C(O)c1ccc(C#CC(F)=Cc2ccc(CN3CCOCC3)cc2)cc1. The molecule has 0 radical (unpaired) electrons. The number of hydrogen-bond donors (Lipinski definition) is 1. The second-order valence-corrected chi connectivity index (χ2v) is 6.25. The molecule has 1 saturated heterocycles. The van der Waals surface area contributed by atoms with Crippen molar-refractivity contribution >= 4 is 12.0 Å². The van der Waals surface area contributed by atoms with Gasteiger partial charge in [0.2, 0.25) is 0 Å². The van der Waals surface area contributed by atoms with Gasteiger partial charge in [0.25, 0.3) is 0 Å². The lowest BCUT2D eigenvalue weighted by Gasteiger charge is -2.26. The van der Waals surface area contributed by atoms with Gasteiger partial charge in [0.05, 0.1) is 18.8 Å². The molecule has 0 amide bonds. The Morgan fingerprint density at radius 3 is 2.41 bits per heavy atom. The van der Waals surface area contributed by atoms with Crippen LogP contribution in [0.25, 0.3) is 6.08 Å². The first-order chi connectivity index (χ1) is 13.1. The van der Waals surface area contributed by atoms with Crippen LogP contribution >= 0.6 is 0 Å². The van der Waals surface area contributed by atoms with Crippen molar-refractivity contribution in [3.8, 4) is 11.8 Å². The molecule has 1 fully saturated rings. The van der Waals surface area contributed by atoms with Crippen molar-refractivity contribution in [3.63, 3.8) is 0 Å². The largest absolute Gasteiger partial charge is 0.478 e. The minimum Gasteiger partial charge on any atom is -0.478 e. The van der Waals surface area contributed by atoms with Gasteiger partial charge in [0, 0.05) is 25.2 Å². The fourth-order valence-corrected chi connectivity index (χ4v) is 2.75. The summed E-state index contributed by atoms with van der Waals surface area (Å²) < 4.78 is 19.4. The molecule has 2 aromatic carbocycles. The number of ether oxygens (including phenoxy) is 1. The zero-order valence-electron chi connectivity index (χ0n) is 14.8. The molecule has 1 heterocycles. The molecule has 0 spiro atoms. The molecule has 0 saturated carbocycles. The molecule has 1 aliphatic heterocycles. The third-order valence-corrected chi connectivity index (χ3v) is 4.24. The number of carboxylic acid groups (broad SMARTS) is 1. The molecule has 0 unspecified atom stereocenters. The highest BCUT2D eigenvalue weighted by molar-refractivity contribution is 5.87. The summed E-state index contributed by atoms with van der Waals surface area (Å²) in [5, 5.41) is 8.86. The molecule has 0 aromatic heterocycles. The van der Waals surface area contributed by atoms with Crippen LogP contribution < -0.4 is 0 Å². The van der Waals surface area contributed by atoms with Crippen LogP contribution in [0.1, 0.15) is 27.0 Å². The Bertz CT molecular complexity index is 871. The Labute approximate surface area is 157 Å². The van der Waals surface area contributed by atoms with E-state index in [9.17, 15) is 9.18 Å². The van der Waals surface area contributed by atoms with E-state index in [0.29, 0.717) is 5.56 Å². The molecule has 0 bridgehead atoms. The topological polar surface area (TPSA) is 49.8 Å². The van der Waals surface area contributed by atoms with Gasteiger partial charge >= 0.3 is 5.97 Å². The van der Waals surface area contributed by atoms with Crippen molar-refractivity contribution in [2.24, 2.45) is 0 Å². The normalized spacial score (nSPS) is 15.1. The molecule has 2 aromatic rings. The average molecular weight is 365 g/mol. The quantitative estimate of drug-likeness (QED) is 0.842. The molecule has 1 aliphatic rings. The van der Waals surface area contributed by atoms with Crippen molar-refractivity contribution in [1.29, 1.82) is 0 Å². The van der Waals surface area contributed by atoms with Crippen LogP contribution in [0.15, 0.2) is 54.4 Å². The Kier molecular flexibility index (Phi) is 6.37. The Hall–Kier alpha value is -2.94. The number of hydrogen-bond acceptors (Lipinski definition) is 3. The van der Waals surface area contributed by atoms with E-state index in [1.807, 2.05) is 24.3 Å². The highest BCUT2D eigenvalue weighted by Gasteiger charge is 2.10. The standard InChI is InChI=1S/C22H20FNO3/c23-21(10-7-17-5-8-20(9-6-17)22(25)26)15-18-1-3-19(4-2-18)16-24-11-13-27-14-12-24/h1-6,8-9,15H,11-14,16H2,(H,25,26). The van der Waals surface area contributed by atoms with Gasteiger partial charge in [-0.1, -0.05) is 30.2 Å². The van der Waals surface area contributed by atoms with Gasteiger partial charge in [0.1, 0.15) is 0 Å². The van der Waals surface area contributed by atoms with Crippen LogP contribution in [0.4, 0.5) is 4.39 Å².